The van der Waals surface area contributed by atoms with Gasteiger partial charge in [0.2, 0.25) is 0 Å². The van der Waals surface area contributed by atoms with Crippen LogP contribution in [-0.4, -0.2) is 31.9 Å². The molecular weight excluding hydrogens is 261 g/mol. The summed E-state index contributed by atoms with van der Waals surface area (Å²) in [7, 11) is 1.63. The Morgan fingerprint density at radius 2 is 2.12 bits per heavy atom. The molecule has 0 aliphatic heterocycles. The molecule has 5 heteroatoms. The van der Waals surface area contributed by atoms with Crippen molar-refractivity contribution in [2.45, 2.75) is 12.5 Å². The largest absolute Gasteiger partial charge is 0.384 e. The topological polar surface area (TPSA) is 41.5 Å². The second-order valence-electron chi connectivity index (χ2n) is 4.07. The van der Waals surface area contributed by atoms with E-state index in [1.165, 1.54) is 0 Å². The second-order valence-corrected chi connectivity index (χ2v) is 4.91. The average Bonchev–Trinajstić information content (AvgIpc) is 2.24. The summed E-state index contributed by atoms with van der Waals surface area (Å²) in [4.78, 5) is 0. The van der Waals surface area contributed by atoms with Crippen LogP contribution in [0.15, 0.2) is 18.2 Å². The molecule has 0 spiro atoms. The van der Waals surface area contributed by atoms with E-state index in [2.05, 4.69) is 5.32 Å². The maximum absolute atomic E-state index is 10.3. The monoisotopic (exact) mass is 277 g/mol. The van der Waals surface area contributed by atoms with E-state index in [1.54, 1.807) is 32.2 Å². The standard InChI is InChI=1S/C12H17Cl2NO2/c1-12(16,8-15-5-6-17-2)10-4-3-9(13)7-11(10)14/h3-4,7,15-16H,5-6,8H2,1-2H3. The zero-order valence-electron chi connectivity index (χ0n) is 9.96. The Kier molecular flexibility index (Phi) is 5.70. The highest BCUT2D eigenvalue weighted by Crippen LogP contribution is 2.29. The van der Waals surface area contributed by atoms with Gasteiger partial charge in [-0.15, -0.1) is 0 Å². The highest BCUT2D eigenvalue weighted by molar-refractivity contribution is 6.35. The smallest absolute Gasteiger partial charge is 0.101 e. The van der Waals surface area contributed by atoms with Crippen molar-refractivity contribution in [2.75, 3.05) is 26.8 Å². The van der Waals surface area contributed by atoms with Gasteiger partial charge in [-0.25, -0.2) is 0 Å². The van der Waals surface area contributed by atoms with Crippen LogP contribution >= 0.6 is 23.2 Å². The van der Waals surface area contributed by atoms with Crippen molar-refractivity contribution in [3.63, 3.8) is 0 Å². The molecule has 2 N–H and O–H groups in total. The van der Waals surface area contributed by atoms with Crippen molar-refractivity contribution < 1.29 is 9.84 Å². The van der Waals surface area contributed by atoms with Gasteiger partial charge in [-0.1, -0.05) is 29.3 Å². The lowest BCUT2D eigenvalue weighted by atomic mass is 9.96. The fourth-order valence-corrected chi connectivity index (χ4v) is 2.14. The summed E-state index contributed by atoms with van der Waals surface area (Å²) >= 11 is 11.9. The number of hydrogen-bond donors (Lipinski definition) is 2. The summed E-state index contributed by atoms with van der Waals surface area (Å²) in [6.45, 7) is 3.39. The Morgan fingerprint density at radius 1 is 1.41 bits per heavy atom. The molecule has 0 saturated carbocycles. The Hall–Kier alpha value is -0.320. The number of aliphatic hydroxyl groups is 1. The van der Waals surface area contributed by atoms with Crippen LogP contribution in [0.4, 0.5) is 0 Å². The first-order valence-corrected chi connectivity index (χ1v) is 6.10. The zero-order valence-corrected chi connectivity index (χ0v) is 11.5. The molecule has 0 radical (unpaired) electrons. The van der Waals surface area contributed by atoms with E-state index < -0.39 is 5.60 Å². The van der Waals surface area contributed by atoms with Crippen molar-refractivity contribution in [3.8, 4) is 0 Å². The lowest BCUT2D eigenvalue weighted by Crippen LogP contribution is -2.37. The van der Waals surface area contributed by atoms with E-state index in [1.807, 2.05) is 0 Å². The molecule has 1 atom stereocenters. The molecule has 0 amide bonds. The van der Waals surface area contributed by atoms with Crippen LogP contribution < -0.4 is 5.32 Å². The minimum Gasteiger partial charge on any atom is -0.384 e. The summed E-state index contributed by atoms with van der Waals surface area (Å²) in [5.74, 6) is 0. The number of halogens is 2. The number of benzene rings is 1. The Balaban J connectivity index is 2.68. The number of methoxy groups -OCH3 is 1. The highest BCUT2D eigenvalue weighted by Gasteiger charge is 2.25. The first-order valence-electron chi connectivity index (χ1n) is 5.35. The second kappa shape index (κ2) is 6.57. The van der Waals surface area contributed by atoms with Crippen LogP contribution in [-0.2, 0) is 10.3 Å². The van der Waals surface area contributed by atoms with E-state index in [-0.39, 0.29) is 0 Å². The minimum absolute atomic E-state index is 0.401. The van der Waals surface area contributed by atoms with Gasteiger partial charge in [0.1, 0.15) is 5.60 Å². The molecule has 17 heavy (non-hydrogen) atoms. The molecule has 0 saturated heterocycles. The van der Waals surface area contributed by atoms with Gasteiger partial charge in [0.25, 0.3) is 0 Å². The van der Waals surface area contributed by atoms with Crippen molar-refractivity contribution in [2.24, 2.45) is 0 Å². The molecule has 0 aromatic heterocycles. The number of ether oxygens (including phenoxy) is 1. The Labute approximate surface area is 112 Å². The number of nitrogens with one attached hydrogen (secondary N) is 1. The summed E-state index contributed by atoms with van der Waals surface area (Å²) in [6.07, 6.45) is 0. The van der Waals surface area contributed by atoms with Crippen molar-refractivity contribution in [1.29, 1.82) is 0 Å². The van der Waals surface area contributed by atoms with E-state index in [0.717, 1.165) is 0 Å². The molecule has 1 aromatic carbocycles. The molecule has 0 fully saturated rings. The SMILES string of the molecule is COCCNCC(C)(O)c1ccc(Cl)cc1Cl. The molecule has 96 valence electrons. The predicted molar refractivity (Wildman–Crippen MR) is 70.8 cm³/mol. The fraction of sp³-hybridized carbons (Fsp3) is 0.500. The first-order chi connectivity index (χ1) is 7.97. The van der Waals surface area contributed by atoms with Gasteiger partial charge >= 0.3 is 0 Å². The van der Waals surface area contributed by atoms with Gasteiger partial charge in [-0.3, -0.25) is 0 Å². The van der Waals surface area contributed by atoms with Gasteiger partial charge in [0.15, 0.2) is 0 Å². The van der Waals surface area contributed by atoms with Crippen LogP contribution in [0.5, 0.6) is 0 Å². The normalized spacial score (nSPS) is 14.6. The molecule has 1 aromatic rings. The van der Waals surface area contributed by atoms with Gasteiger partial charge in [-0.2, -0.15) is 0 Å². The first kappa shape index (κ1) is 14.7. The third-order valence-electron chi connectivity index (χ3n) is 2.46. The number of hydrogen-bond acceptors (Lipinski definition) is 3. The van der Waals surface area contributed by atoms with Crippen molar-refractivity contribution >= 4 is 23.2 Å². The lowest BCUT2D eigenvalue weighted by molar-refractivity contribution is 0.0551. The zero-order chi connectivity index (χ0) is 12.9. The van der Waals surface area contributed by atoms with Crippen molar-refractivity contribution in [3.05, 3.63) is 33.8 Å². The summed E-state index contributed by atoms with van der Waals surface area (Å²) in [5.41, 5.74) is -0.372. The fourth-order valence-electron chi connectivity index (χ4n) is 1.53. The third kappa shape index (κ3) is 4.45. The maximum atomic E-state index is 10.3. The van der Waals surface area contributed by atoms with Crippen LogP contribution in [0.2, 0.25) is 10.0 Å². The lowest BCUT2D eigenvalue weighted by Gasteiger charge is -2.25. The summed E-state index contributed by atoms with van der Waals surface area (Å²) < 4.78 is 4.91. The molecule has 0 aliphatic rings. The van der Waals surface area contributed by atoms with E-state index >= 15 is 0 Å². The average molecular weight is 278 g/mol. The number of rotatable bonds is 6. The molecule has 0 heterocycles. The van der Waals surface area contributed by atoms with Crippen LogP contribution in [0, 0.1) is 0 Å². The van der Waals surface area contributed by atoms with Gasteiger partial charge in [0.05, 0.1) is 6.61 Å². The summed E-state index contributed by atoms with van der Waals surface area (Å²) in [5, 5.41) is 14.5. The van der Waals surface area contributed by atoms with Crippen LogP contribution in [0.25, 0.3) is 0 Å². The third-order valence-corrected chi connectivity index (χ3v) is 3.01. The van der Waals surface area contributed by atoms with Gasteiger partial charge in [0, 0.05) is 35.8 Å². The highest BCUT2D eigenvalue weighted by atomic mass is 35.5. The Morgan fingerprint density at radius 3 is 2.71 bits per heavy atom. The van der Waals surface area contributed by atoms with E-state index in [0.29, 0.717) is 35.3 Å². The van der Waals surface area contributed by atoms with Crippen molar-refractivity contribution in [1.82, 2.24) is 5.32 Å². The van der Waals surface area contributed by atoms with Gasteiger partial charge < -0.3 is 15.2 Å². The predicted octanol–water partition coefficient (Wildman–Crippen LogP) is 2.44. The molecular formula is C12H17Cl2NO2. The Bertz CT molecular complexity index is 370. The van der Waals surface area contributed by atoms with Crippen LogP contribution in [0.3, 0.4) is 0 Å². The molecule has 1 rings (SSSR count). The molecule has 3 nitrogen and oxygen atoms in total. The quantitative estimate of drug-likeness (QED) is 0.785. The molecule has 1 unspecified atom stereocenters. The molecule has 0 aliphatic carbocycles. The van der Waals surface area contributed by atoms with Gasteiger partial charge in [-0.05, 0) is 19.1 Å². The van der Waals surface area contributed by atoms with E-state index in [4.69, 9.17) is 27.9 Å². The minimum atomic E-state index is -1.03. The van der Waals surface area contributed by atoms with Crippen LogP contribution in [0.1, 0.15) is 12.5 Å². The maximum Gasteiger partial charge on any atom is 0.101 e. The van der Waals surface area contributed by atoms with E-state index in [9.17, 15) is 5.11 Å². The summed E-state index contributed by atoms with van der Waals surface area (Å²) in [6, 6.07) is 5.08. The molecule has 0 bridgehead atoms.